The fourth-order valence-electron chi connectivity index (χ4n) is 3.59. The van der Waals surface area contributed by atoms with Crippen molar-refractivity contribution in [3.63, 3.8) is 0 Å². The molecule has 0 radical (unpaired) electrons. The summed E-state index contributed by atoms with van der Waals surface area (Å²) in [5.41, 5.74) is 2.58. The van der Waals surface area contributed by atoms with E-state index in [1.165, 1.54) is 16.0 Å². The minimum atomic E-state index is 0.000883. The number of benzene rings is 1. The Bertz CT molecular complexity index is 757. The maximum Gasteiger partial charge on any atom is 0.165 e. The lowest BCUT2D eigenvalue weighted by Crippen LogP contribution is -2.18. The topological polar surface area (TPSA) is 30.2 Å². The molecule has 2 aliphatic rings. The van der Waals surface area contributed by atoms with Crippen molar-refractivity contribution < 1.29 is 9.21 Å². The third-order valence-corrected chi connectivity index (χ3v) is 5.62. The zero-order chi connectivity index (χ0) is 15.2. The number of furan rings is 1. The summed E-state index contributed by atoms with van der Waals surface area (Å²) >= 11 is 1.66. The van der Waals surface area contributed by atoms with Gasteiger partial charge in [0.15, 0.2) is 10.9 Å². The van der Waals surface area contributed by atoms with E-state index in [2.05, 4.69) is 25.1 Å². The second kappa shape index (κ2) is 5.17. The summed E-state index contributed by atoms with van der Waals surface area (Å²) in [4.78, 5) is 13.0. The summed E-state index contributed by atoms with van der Waals surface area (Å²) in [6.07, 6.45) is 5.27. The van der Waals surface area contributed by atoms with Crippen LogP contribution in [0.15, 0.2) is 62.5 Å². The normalized spacial score (nSPS) is 23.7. The summed E-state index contributed by atoms with van der Waals surface area (Å²) in [5, 5.41) is 0.955. The molecule has 0 fully saturated rings. The van der Waals surface area contributed by atoms with Crippen molar-refractivity contribution in [1.29, 1.82) is 0 Å². The molecule has 3 heteroatoms. The van der Waals surface area contributed by atoms with Crippen molar-refractivity contribution in [2.45, 2.75) is 42.6 Å². The molecule has 22 heavy (non-hydrogen) atoms. The van der Waals surface area contributed by atoms with E-state index >= 15 is 0 Å². The second-order valence-corrected chi connectivity index (χ2v) is 7.56. The molecule has 0 spiro atoms. The number of hydrogen-bond donors (Lipinski definition) is 0. The van der Waals surface area contributed by atoms with Crippen LogP contribution in [0.4, 0.5) is 0 Å². The molecule has 2 aromatic rings. The van der Waals surface area contributed by atoms with Gasteiger partial charge in [0.1, 0.15) is 5.76 Å². The molecule has 0 N–H and O–H groups in total. The molecule has 2 aliphatic carbocycles. The van der Waals surface area contributed by atoms with Crippen molar-refractivity contribution in [1.82, 2.24) is 0 Å². The third kappa shape index (κ3) is 2.44. The predicted molar refractivity (Wildman–Crippen MR) is 87.1 cm³/mol. The number of rotatable bonds is 2. The highest BCUT2D eigenvalue weighted by atomic mass is 32.2. The van der Waals surface area contributed by atoms with Gasteiger partial charge in [0.25, 0.3) is 0 Å². The number of carbonyl (C=O) groups excluding carboxylic acids is 1. The first-order chi connectivity index (χ1) is 10.6. The van der Waals surface area contributed by atoms with Crippen molar-refractivity contribution in [2.75, 3.05) is 0 Å². The Kier molecular flexibility index (Phi) is 3.26. The van der Waals surface area contributed by atoms with E-state index in [1.54, 1.807) is 11.8 Å². The van der Waals surface area contributed by atoms with Gasteiger partial charge < -0.3 is 4.42 Å². The smallest absolute Gasteiger partial charge is 0.165 e. The van der Waals surface area contributed by atoms with Crippen LogP contribution in [0.3, 0.4) is 0 Å². The predicted octanol–water partition coefficient (Wildman–Crippen LogP) is 4.83. The number of allylic oxidation sites excluding steroid dienone is 2. The Hall–Kier alpha value is -1.74. The molecule has 1 unspecified atom stereocenters. The lowest BCUT2D eigenvalue weighted by molar-refractivity contribution is -0.115. The molecular formula is C19H18O2S. The Balaban J connectivity index is 1.61. The summed E-state index contributed by atoms with van der Waals surface area (Å²) in [6.45, 7) is 2.22. The molecule has 112 valence electrons. The standard InChI is InChI=1S/C19H18O2S/c1-19-11-13-9-18(22-16-5-3-2-4-6-16)21-17(13)8-7-14(19)10-15(20)12-19/h2-6,9-10H,7-8,11-12H2,1H3. The Labute approximate surface area is 134 Å². The SMILES string of the molecule is CC12CC(=O)C=C1CCc1oc(Sc3ccccc3)cc1C2. The van der Waals surface area contributed by atoms with E-state index < -0.39 is 0 Å². The van der Waals surface area contributed by atoms with Crippen molar-refractivity contribution >= 4 is 17.5 Å². The van der Waals surface area contributed by atoms with Crippen LogP contribution in [0.25, 0.3) is 0 Å². The van der Waals surface area contributed by atoms with Crippen LogP contribution in [0.1, 0.15) is 31.1 Å². The number of ketones is 1. The number of carbonyl (C=O) groups is 1. The molecular weight excluding hydrogens is 292 g/mol. The van der Waals surface area contributed by atoms with Gasteiger partial charge in [-0.3, -0.25) is 4.79 Å². The highest BCUT2D eigenvalue weighted by Crippen LogP contribution is 2.46. The summed E-state index contributed by atoms with van der Waals surface area (Å²) in [5.74, 6) is 1.38. The third-order valence-electron chi connectivity index (χ3n) is 4.71. The van der Waals surface area contributed by atoms with Crippen LogP contribution >= 0.6 is 11.8 Å². The summed E-state index contributed by atoms with van der Waals surface area (Å²) < 4.78 is 6.08. The molecule has 1 heterocycles. The zero-order valence-electron chi connectivity index (χ0n) is 12.6. The molecule has 0 bridgehead atoms. The van der Waals surface area contributed by atoms with E-state index in [1.807, 2.05) is 24.3 Å². The second-order valence-electron chi connectivity index (χ2n) is 6.48. The Morgan fingerprint density at radius 1 is 1.14 bits per heavy atom. The highest BCUT2D eigenvalue weighted by molar-refractivity contribution is 7.99. The molecule has 0 amide bonds. The van der Waals surface area contributed by atoms with E-state index in [0.29, 0.717) is 6.42 Å². The largest absolute Gasteiger partial charge is 0.454 e. The lowest BCUT2D eigenvalue weighted by Gasteiger charge is -2.24. The van der Waals surface area contributed by atoms with Crippen LogP contribution in [-0.4, -0.2) is 5.78 Å². The van der Waals surface area contributed by atoms with E-state index in [0.717, 1.165) is 30.1 Å². The highest BCUT2D eigenvalue weighted by Gasteiger charge is 2.39. The molecule has 1 aromatic heterocycles. The van der Waals surface area contributed by atoms with Gasteiger partial charge >= 0.3 is 0 Å². The van der Waals surface area contributed by atoms with E-state index in [9.17, 15) is 4.79 Å². The maximum absolute atomic E-state index is 11.8. The average molecular weight is 310 g/mol. The fourth-order valence-corrected chi connectivity index (χ4v) is 4.46. The molecule has 4 rings (SSSR count). The van der Waals surface area contributed by atoms with Crippen molar-refractivity contribution in [3.8, 4) is 0 Å². The molecule has 1 aromatic carbocycles. The van der Waals surface area contributed by atoms with Crippen LogP contribution in [0.2, 0.25) is 0 Å². The van der Waals surface area contributed by atoms with Crippen molar-refractivity contribution in [3.05, 3.63) is 59.4 Å². The number of aryl methyl sites for hydroxylation is 1. The number of hydrogen-bond acceptors (Lipinski definition) is 3. The van der Waals surface area contributed by atoms with E-state index in [-0.39, 0.29) is 11.2 Å². The average Bonchev–Trinajstić information content (AvgIpc) is 2.95. The number of fused-ring (bicyclic) bond motifs is 2. The Morgan fingerprint density at radius 3 is 2.77 bits per heavy atom. The lowest BCUT2D eigenvalue weighted by atomic mass is 9.78. The van der Waals surface area contributed by atoms with Gasteiger partial charge in [-0.05, 0) is 42.7 Å². The van der Waals surface area contributed by atoms with Crippen LogP contribution in [-0.2, 0) is 17.6 Å². The quantitative estimate of drug-likeness (QED) is 0.796. The molecule has 2 nitrogen and oxygen atoms in total. The van der Waals surface area contributed by atoms with Gasteiger partial charge in [-0.1, -0.05) is 42.5 Å². The van der Waals surface area contributed by atoms with Crippen molar-refractivity contribution in [2.24, 2.45) is 5.41 Å². The zero-order valence-corrected chi connectivity index (χ0v) is 13.4. The first-order valence-corrected chi connectivity index (χ1v) is 8.52. The minimum absolute atomic E-state index is 0.000883. The monoisotopic (exact) mass is 310 g/mol. The molecule has 0 saturated carbocycles. The maximum atomic E-state index is 11.8. The van der Waals surface area contributed by atoms with Crippen LogP contribution < -0.4 is 0 Å². The fraction of sp³-hybridized carbons (Fsp3) is 0.316. The van der Waals surface area contributed by atoms with Gasteiger partial charge in [0.05, 0.1) is 0 Å². The van der Waals surface area contributed by atoms with Crippen LogP contribution in [0.5, 0.6) is 0 Å². The first kappa shape index (κ1) is 13.9. The van der Waals surface area contributed by atoms with Gasteiger partial charge in [0.2, 0.25) is 0 Å². The molecule has 0 aliphatic heterocycles. The van der Waals surface area contributed by atoms with Gasteiger partial charge in [-0.25, -0.2) is 0 Å². The summed E-state index contributed by atoms with van der Waals surface area (Å²) in [7, 11) is 0. The van der Waals surface area contributed by atoms with Crippen LogP contribution in [0, 0.1) is 5.41 Å². The Morgan fingerprint density at radius 2 is 1.95 bits per heavy atom. The van der Waals surface area contributed by atoms with E-state index in [4.69, 9.17) is 4.42 Å². The minimum Gasteiger partial charge on any atom is -0.454 e. The molecule has 1 atom stereocenters. The van der Waals surface area contributed by atoms with Gasteiger partial charge in [0, 0.05) is 23.2 Å². The summed E-state index contributed by atoms with van der Waals surface area (Å²) in [6, 6.07) is 12.5. The van der Waals surface area contributed by atoms with Gasteiger partial charge in [-0.2, -0.15) is 0 Å². The molecule has 0 saturated heterocycles. The van der Waals surface area contributed by atoms with Gasteiger partial charge in [-0.15, -0.1) is 0 Å². The first-order valence-electron chi connectivity index (χ1n) is 7.71.